The molecule has 0 saturated heterocycles. The highest BCUT2D eigenvalue weighted by Crippen LogP contribution is 2.30. The first-order chi connectivity index (χ1) is 8.56. The molecule has 0 aliphatic heterocycles. The van der Waals surface area contributed by atoms with Crippen molar-refractivity contribution in [3.05, 3.63) is 46.8 Å². The summed E-state index contributed by atoms with van der Waals surface area (Å²) in [6, 6.07) is 7.94. The molecule has 1 N–H and O–H groups in total. The molecule has 0 atom stereocenters. The molecule has 0 aliphatic carbocycles. The van der Waals surface area contributed by atoms with E-state index in [0.717, 1.165) is 22.4 Å². The third-order valence-electron chi connectivity index (χ3n) is 2.54. The molecule has 18 heavy (non-hydrogen) atoms. The van der Waals surface area contributed by atoms with Crippen molar-refractivity contribution in [2.75, 3.05) is 0 Å². The van der Waals surface area contributed by atoms with Crippen molar-refractivity contribution in [2.24, 2.45) is 0 Å². The van der Waals surface area contributed by atoms with Gasteiger partial charge in [0.25, 0.3) is 0 Å². The summed E-state index contributed by atoms with van der Waals surface area (Å²) in [7, 11) is 0. The average Bonchev–Trinajstić information content (AvgIpc) is 2.75. The minimum atomic E-state index is -0.547. The first-order valence-electron chi connectivity index (χ1n) is 5.84. The molecule has 2 aromatic rings. The van der Waals surface area contributed by atoms with E-state index in [1.165, 1.54) is 23.5 Å². The zero-order valence-corrected chi connectivity index (χ0v) is 11.2. The van der Waals surface area contributed by atoms with Crippen molar-refractivity contribution in [1.29, 1.82) is 0 Å². The Kier molecular flexibility index (Phi) is 4.09. The molecule has 0 unspecified atom stereocenters. The number of hydrogen-bond acceptors (Lipinski definition) is 2. The van der Waals surface area contributed by atoms with E-state index in [2.05, 4.69) is 19.2 Å². The van der Waals surface area contributed by atoms with Gasteiger partial charge >= 0.3 is 0 Å². The lowest BCUT2D eigenvalue weighted by molar-refractivity contribution is 0.586. The molecule has 0 radical (unpaired) electrons. The number of benzene rings is 1. The van der Waals surface area contributed by atoms with Crippen LogP contribution in [0.25, 0.3) is 10.4 Å². The van der Waals surface area contributed by atoms with Gasteiger partial charge in [0.2, 0.25) is 0 Å². The van der Waals surface area contributed by atoms with Gasteiger partial charge in [-0.3, -0.25) is 0 Å². The van der Waals surface area contributed by atoms with Crippen molar-refractivity contribution in [3.63, 3.8) is 0 Å². The molecule has 1 heterocycles. The van der Waals surface area contributed by atoms with Gasteiger partial charge in [-0.1, -0.05) is 13.8 Å². The largest absolute Gasteiger partial charge is 0.310 e. The van der Waals surface area contributed by atoms with E-state index in [0.29, 0.717) is 11.6 Å². The van der Waals surface area contributed by atoms with E-state index in [9.17, 15) is 8.78 Å². The predicted octanol–water partition coefficient (Wildman–Crippen LogP) is 4.19. The second-order valence-corrected chi connectivity index (χ2v) is 5.59. The quantitative estimate of drug-likeness (QED) is 0.875. The molecule has 0 spiro atoms. The van der Waals surface area contributed by atoms with E-state index in [1.54, 1.807) is 0 Å². The van der Waals surface area contributed by atoms with E-state index in [4.69, 9.17) is 0 Å². The van der Waals surface area contributed by atoms with Crippen molar-refractivity contribution in [1.82, 2.24) is 5.32 Å². The Morgan fingerprint density at radius 3 is 2.61 bits per heavy atom. The van der Waals surface area contributed by atoms with Gasteiger partial charge in [0, 0.05) is 34.0 Å². The van der Waals surface area contributed by atoms with Crippen molar-refractivity contribution in [3.8, 4) is 10.4 Å². The Morgan fingerprint density at radius 1 is 1.17 bits per heavy atom. The van der Waals surface area contributed by atoms with E-state index >= 15 is 0 Å². The van der Waals surface area contributed by atoms with Crippen LogP contribution >= 0.6 is 11.3 Å². The summed E-state index contributed by atoms with van der Waals surface area (Å²) in [5, 5.41) is 3.31. The van der Waals surface area contributed by atoms with Crippen molar-refractivity contribution in [2.45, 2.75) is 26.4 Å². The van der Waals surface area contributed by atoms with Gasteiger partial charge in [-0.15, -0.1) is 11.3 Å². The van der Waals surface area contributed by atoms with Gasteiger partial charge in [0.05, 0.1) is 0 Å². The summed E-state index contributed by atoms with van der Waals surface area (Å²) in [6.07, 6.45) is 0. The number of hydrogen-bond donors (Lipinski definition) is 1. The molecular weight excluding hydrogens is 252 g/mol. The topological polar surface area (TPSA) is 12.0 Å². The second-order valence-electron chi connectivity index (χ2n) is 4.43. The number of thiophene rings is 1. The minimum absolute atomic E-state index is 0.415. The lowest BCUT2D eigenvalue weighted by Crippen LogP contribution is -2.21. The fourth-order valence-corrected chi connectivity index (χ4v) is 2.60. The lowest BCUT2D eigenvalue weighted by Gasteiger charge is -2.05. The number of rotatable bonds is 4. The van der Waals surface area contributed by atoms with Gasteiger partial charge in [-0.2, -0.15) is 0 Å². The van der Waals surface area contributed by atoms with Crippen LogP contribution in [0, 0.1) is 11.6 Å². The van der Waals surface area contributed by atoms with Crippen LogP contribution in [0.1, 0.15) is 18.7 Å². The average molecular weight is 267 g/mol. The first-order valence-corrected chi connectivity index (χ1v) is 6.65. The molecule has 2 rings (SSSR count). The third-order valence-corrected chi connectivity index (χ3v) is 3.66. The summed E-state index contributed by atoms with van der Waals surface area (Å²) in [5.41, 5.74) is 0.456. The van der Waals surface area contributed by atoms with Gasteiger partial charge in [-0.05, 0) is 24.3 Å². The number of halogens is 2. The van der Waals surface area contributed by atoms with Crippen LogP contribution in [0.3, 0.4) is 0 Å². The molecule has 1 nitrogen and oxygen atoms in total. The highest BCUT2D eigenvalue weighted by Gasteiger charge is 2.09. The van der Waals surface area contributed by atoms with E-state index in [-0.39, 0.29) is 0 Å². The smallest absolute Gasteiger partial charge is 0.134 e. The predicted molar refractivity (Wildman–Crippen MR) is 71.6 cm³/mol. The second kappa shape index (κ2) is 5.59. The zero-order chi connectivity index (χ0) is 13.1. The maximum absolute atomic E-state index is 13.6. The van der Waals surface area contributed by atoms with Crippen molar-refractivity contribution >= 4 is 11.3 Å². The van der Waals surface area contributed by atoms with Crippen LogP contribution in [0.5, 0.6) is 0 Å². The fraction of sp³-hybridized carbons (Fsp3) is 0.286. The summed E-state index contributed by atoms with van der Waals surface area (Å²) in [6.45, 7) is 4.92. The van der Waals surface area contributed by atoms with Crippen LogP contribution in [0.4, 0.5) is 8.78 Å². The molecule has 96 valence electrons. The maximum Gasteiger partial charge on any atom is 0.134 e. The molecule has 0 bridgehead atoms. The Hall–Kier alpha value is -1.26. The third kappa shape index (κ3) is 3.15. The molecule has 1 aromatic carbocycles. The van der Waals surface area contributed by atoms with Gasteiger partial charge < -0.3 is 5.32 Å². The van der Waals surface area contributed by atoms with Crippen molar-refractivity contribution < 1.29 is 8.78 Å². The maximum atomic E-state index is 13.6. The summed E-state index contributed by atoms with van der Waals surface area (Å²) >= 11 is 1.52. The molecule has 0 amide bonds. The standard InChI is InChI=1S/C14H15F2NS/c1-9(2)17-8-11-4-6-14(18-11)12-5-3-10(15)7-13(12)16/h3-7,9,17H,8H2,1-2H3. The first kappa shape index (κ1) is 13.2. The SMILES string of the molecule is CC(C)NCc1ccc(-c2ccc(F)cc2F)s1. The molecule has 0 saturated carbocycles. The van der Waals surface area contributed by atoms with Crippen LogP contribution in [-0.4, -0.2) is 6.04 Å². The highest BCUT2D eigenvalue weighted by molar-refractivity contribution is 7.15. The molecule has 0 fully saturated rings. The number of nitrogens with one attached hydrogen (secondary N) is 1. The summed E-state index contributed by atoms with van der Waals surface area (Å²) in [4.78, 5) is 1.97. The normalized spacial score (nSPS) is 11.2. The van der Waals surface area contributed by atoms with Gasteiger partial charge in [-0.25, -0.2) is 8.78 Å². The monoisotopic (exact) mass is 267 g/mol. The summed E-state index contributed by atoms with van der Waals surface area (Å²) < 4.78 is 26.4. The Bertz CT molecular complexity index is 534. The highest BCUT2D eigenvalue weighted by atomic mass is 32.1. The molecular formula is C14H15F2NS. The van der Waals surface area contributed by atoms with Gasteiger partial charge in [0.15, 0.2) is 0 Å². The zero-order valence-electron chi connectivity index (χ0n) is 10.3. The van der Waals surface area contributed by atoms with Crippen LogP contribution in [0.15, 0.2) is 30.3 Å². The summed E-state index contributed by atoms with van der Waals surface area (Å²) in [5.74, 6) is -1.06. The van der Waals surface area contributed by atoms with Crippen LogP contribution in [0.2, 0.25) is 0 Å². The molecule has 0 aliphatic rings. The minimum Gasteiger partial charge on any atom is -0.310 e. The Labute approximate surface area is 109 Å². The fourth-order valence-electron chi connectivity index (χ4n) is 1.61. The molecule has 4 heteroatoms. The van der Waals surface area contributed by atoms with E-state index in [1.807, 2.05) is 12.1 Å². The lowest BCUT2D eigenvalue weighted by atomic mass is 10.2. The van der Waals surface area contributed by atoms with Gasteiger partial charge in [0.1, 0.15) is 11.6 Å². The van der Waals surface area contributed by atoms with Crippen LogP contribution in [-0.2, 0) is 6.54 Å². The van der Waals surface area contributed by atoms with Crippen LogP contribution < -0.4 is 5.32 Å². The Morgan fingerprint density at radius 2 is 1.94 bits per heavy atom. The Balaban J connectivity index is 2.18. The molecule has 1 aromatic heterocycles. The van der Waals surface area contributed by atoms with E-state index < -0.39 is 11.6 Å².